The number of fused-ring (bicyclic) bond motifs is 1. The maximum Gasteiger partial charge on any atom is 0.327 e. The maximum atomic E-state index is 13.0. The van der Waals surface area contributed by atoms with Gasteiger partial charge in [0.15, 0.2) is 5.82 Å². The van der Waals surface area contributed by atoms with Gasteiger partial charge in [-0.2, -0.15) is 0 Å². The van der Waals surface area contributed by atoms with Crippen molar-refractivity contribution in [3.63, 3.8) is 0 Å². The first kappa shape index (κ1) is 25.0. The summed E-state index contributed by atoms with van der Waals surface area (Å²) in [5, 5.41) is 13.2. The lowest BCUT2D eigenvalue weighted by Crippen LogP contribution is -2.38. The molecule has 1 aliphatic heterocycles. The van der Waals surface area contributed by atoms with Crippen molar-refractivity contribution in [3.8, 4) is 0 Å². The summed E-state index contributed by atoms with van der Waals surface area (Å²) in [6, 6.07) is 7.77. The molecule has 0 amide bonds. The fourth-order valence-electron chi connectivity index (χ4n) is 4.70. The monoisotopic (exact) mass is 482 g/mol. The number of nitrogens with zero attached hydrogens (tertiary/aromatic N) is 5. The summed E-state index contributed by atoms with van der Waals surface area (Å²) in [5.74, 6) is 0.203. The third kappa shape index (κ3) is 6.12. The van der Waals surface area contributed by atoms with Crippen LogP contribution in [-0.2, 0) is 27.4 Å². The van der Waals surface area contributed by atoms with Gasteiger partial charge in [-0.25, -0.2) is 4.68 Å². The number of aryl methyl sites for hydroxylation is 1. The minimum Gasteiger partial charge on any atom is -0.465 e. The van der Waals surface area contributed by atoms with E-state index in [-0.39, 0.29) is 30.2 Å². The van der Waals surface area contributed by atoms with Gasteiger partial charge in [-0.3, -0.25) is 14.5 Å². The number of aromatic nitrogens is 5. The van der Waals surface area contributed by atoms with Gasteiger partial charge in [0.25, 0.3) is 5.56 Å². The highest BCUT2D eigenvalue weighted by Gasteiger charge is 2.30. The van der Waals surface area contributed by atoms with Crippen LogP contribution in [0.4, 0.5) is 0 Å². The number of ether oxygens (including phenoxy) is 2. The van der Waals surface area contributed by atoms with Crippen molar-refractivity contribution in [2.45, 2.75) is 71.7 Å². The van der Waals surface area contributed by atoms with Gasteiger partial charge in [0.1, 0.15) is 6.54 Å². The van der Waals surface area contributed by atoms with Crippen molar-refractivity contribution in [3.05, 3.63) is 51.6 Å². The van der Waals surface area contributed by atoms with Crippen molar-refractivity contribution in [1.29, 1.82) is 0 Å². The van der Waals surface area contributed by atoms with Gasteiger partial charge >= 0.3 is 5.97 Å². The second-order valence-electron chi connectivity index (χ2n) is 9.08. The summed E-state index contributed by atoms with van der Waals surface area (Å²) >= 11 is 0. The van der Waals surface area contributed by atoms with Gasteiger partial charge in [-0.15, -0.1) is 5.10 Å². The molecular formula is C25H34N6O4. The Balaban J connectivity index is 1.69. The Hall–Kier alpha value is -3.11. The Morgan fingerprint density at radius 3 is 2.94 bits per heavy atom. The van der Waals surface area contributed by atoms with Crippen LogP contribution in [0.2, 0.25) is 0 Å². The molecule has 1 fully saturated rings. The Kier molecular flexibility index (Phi) is 8.25. The van der Waals surface area contributed by atoms with E-state index in [2.05, 4.69) is 38.4 Å². The fourth-order valence-corrected chi connectivity index (χ4v) is 4.70. The second kappa shape index (κ2) is 11.5. The van der Waals surface area contributed by atoms with E-state index in [4.69, 9.17) is 9.47 Å². The highest BCUT2D eigenvalue weighted by Crippen LogP contribution is 2.28. The lowest BCUT2D eigenvalue weighted by Gasteiger charge is -2.32. The third-order valence-electron chi connectivity index (χ3n) is 6.36. The normalized spacial score (nSPS) is 16.7. The number of H-pyrrole nitrogens is 1. The maximum absolute atomic E-state index is 13.0. The molecule has 2 aromatic heterocycles. The highest BCUT2D eigenvalue weighted by atomic mass is 16.5. The lowest BCUT2D eigenvalue weighted by atomic mass is 10.1. The van der Waals surface area contributed by atoms with Crippen LogP contribution in [0.3, 0.4) is 0 Å². The molecule has 1 saturated heterocycles. The fraction of sp³-hybridized carbons (Fsp3) is 0.560. The molecule has 10 heteroatoms. The average Bonchev–Trinajstić information content (AvgIpc) is 3.50. The van der Waals surface area contributed by atoms with Crippen LogP contribution in [0, 0.1) is 6.92 Å². The Bertz CT molecular complexity index is 1200. The summed E-state index contributed by atoms with van der Waals surface area (Å²) in [6.45, 7) is 7.94. The van der Waals surface area contributed by atoms with Crippen LogP contribution in [-0.4, -0.2) is 61.9 Å². The predicted molar refractivity (Wildman–Crippen MR) is 131 cm³/mol. The van der Waals surface area contributed by atoms with Crippen LogP contribution in [0.25, 0.3) is 10.9 Å². The van der Waals surface area contributed by atoms with E-state index >= 15 is 0 Å². The van der Waals surface area contributed by atoms with Crippen molar-refractivity contribution in [2.75, 3.05) is 19.8 Å². The minimum atomic E-state index is -0.386. The topological polar surface area (TPSA) is 115 Å². The number of carbonyl (C=O) groups is 1. The number of hydrogen-bond acceptors (Lipinski definition) is 8. The molecule has 2 unspecified atom stereocenters. The average molecular weight is 483 g/mol. The zero-order valence-electron chi connectivity index (χ0n) is 20.7. The number of tetrazole rings is 1. The van der Waals surface area contributed by atoms with E-state index < -0.39 is 0 Å². The number of esters is 1. The van der Waals surface area contributed by atoms with Crippen LogP contribution in [0.1, 0.15) is 62.5 Å². The largest absolute Gasteiger partial charge is 0.465 e. The van der Waals surface area contributed by atoms with Gasteiger partial charge in [0.2, 0.25) is 0 Å². The molecule has 0 bridgehead atoms. The molecule has 1 N–H and O–H groups in total. The number of carbonyl (C=O) groups excluding carboxylic acids is 1. The standard InChI is InChI=1S/C25H34N6O4/c1-4-7-22(24-27-28-29-31(24)16-23(32)34-5-2)30(15-20-8-6-11-35-20)14-19-13-18-12-17(3)9-10-21(18)26-25(19)33/h9-10,12-13,20,22H,4-8,11,14-16H2,1-3H3,(H,26,33). The Labute approximate surface area is 204 Å². The Morgan fingerprint density at radius 2 is 2.20 bits per heavy atom. The first-order valence-corrected chi connectivity index (χ1v) is 12.4. The first-order chi connectivity index (χ1) is 17.0. The highest BCUT2D eigenvalue weighted by molar-refractivity contribution is 5.79. The van der Waals surface area contributed by atoms with Crippen LogP contribution in [0.15, 0.2) is 29.1 Å². The van der Waals surface area contributed by atoms with Crippen molar-refractivity contribution in [2.24, 2.45) is 0 Å². The third-order valence-corrected chi connectivity index (χ3v) is 6.36. The summed E-state index contributed by atoms with van der Waals surface area (Å²) in [4.78, 5) is 30.4. The van der Waals surface area contributed by atoms with E-state index in [9.17, 15) is 9.59 Å². The molecule has 0 saturated carbocycles. The van der Waals surface area contributed by atoms with E-state index in [1.54, 1.807) is 6.92 Å². The molecular weight excluding hydrogens is 448 g/mol. The summed E-state index contributed by atoms with van der Waals surface area (Å²) in [7, 11) is 0. The SMILES string of the molecule is CCCC(c1nnnn1CC(=O)OCC)N(Cc1cc2cc(C)ccc2[nH]c1=O)CC1CCCO1. The van der Waals surface area contributed by atoms with Crippen LogP contribution in [0.5, 0.6) is 0 Å². The number of nitrogens with one attached hydrogen (secondary N) is 1. The van der Waals surface area contributed by atoms with Crippen LogP contribution >= 0.6 is 0 Å². The molecule has 1 aromatic carbocycles. The molecule has 0 spiro atoms. The van der Waals surface area contributed by atoms with E-state index in [0.717, 1.165) is 48.8 Å². The van der Waals surface area contributed by atoms with Gasteiger partial charge in [-0.05, 0) is 67.1 Å². The van der Waals surface area contributed by atoms with Gasteiger partial charge < -0.3 is 14.5 Å². The first-order valence-electron chi connectivity index (χ1n) is 12.4. The molecule has 3 aromatic rings. The molecule has 4 rings (SSSR count). The van der Waals surface area contributed by atoms with Gasteiger partial charge in [0.05, 0.1) is 18.8 Å². The van der Waals surface area contributed by atoms with Crippen molar-refractivity contribution in [1.82, 2.24) is 30.1 Å². The van der Waals surface area contributed by atoms with Gasteiger partial charge in [-0.1, -0.05) is 25.0 Å². The van der Waals surface area contributed by atoms with Crippen molar-refractivity contribution >= 4 is 16.9 Å². The molecule has 188 valence electrons. The quantitative estimate of drug-likeness (QED) is 0.415. The predicted octanol–water partition coefficient (Wildman–Crippen LogP) is 2.91. The summed E-state index contributed by atoms with van der Waals surface area (Å²) < 4.78 is 12.6. The molecule has 2 atom stereocenters. The molecule has 10 nitrogen and oxygen atoms in total. The zero-order valence-corrected chi connectivity index (χ0v) is 20.7. The van der Waals surface area contributed by atoms with Crippen LogP contribution < -0.4 is 5.56 Å². The molecule has 35 heavy (non-hydrogen) atoms. The number of rotatable bonds is 11. The molecule has 3 heterocycles. The summed E-state index contributed by atoms with van der Waals surface area (Å²) in [6.07, 6.45) is 3.71. The van der Waals surface area contributed by atoms with Crippen molar-refractivity contribution < 1.29 is 14.3 Å². The number of aromatic amines is 1. The Morgan fingerprint density at radius 1 is 1.34 bits per heavy atom. The zero-order chi connectivity index (χ0) is 24.8. The molecule has 0 aliphatic carbocycles. The molecule has 0 radical (unpaired) electrons. The van der Waals surface area contributed by atoms with Gasteiger partial charge in [0, 0.05) is 30.8 Å². The minimum absolute atomic E-state index is 0.0556. The number of hydrogen-bond donors (Lipinski definition) is 1. The lowest BCUT2D eigenvalue weighted by molar-refractivity contribution is -0.144. The van der Waals surface area contributed by atoms with E-state index in [1.165, 1.54) is 4.68 Å². The number of benzene rings is 1. The summed E-state index contributed by atoms with van der Waals surface area (Å²) in [5.41, 5.74) is 2.51. The second-order valence-corrected chi connectivity index (χ2v) is 9.08. The van der Waals surface area contributed by atoms with E-state index in [0.29, 0.717) is 31.1 Å². The molecule has 1 aliphatic rings. The smallest absolute Gasteiger partial charge is 0.327 e. The number of pyridine rings is 1. The van der Waals surface area contributed by atoms with E-state index in [1.807, 2.05) is 25.1 Å².